The number of methoxy groups -OCH3 is 5. The summed E-state index contributed by atoms with van der Waals surface area (Å²) in [5.41, 5.74) is -0.905. The number of hydroxylamine groups is 1. The lowest BCUT2D eigenvalue weighted by molar-refractivity contribution is -0.311. The number of rotatable bonds is 26. The van der Waals surface area contributed by atoms with Crippen LogP contribution in [0.1, 0.15) is 64.2 Å². The number of hydrogen-bond donors (Lipinski definition) is 8. The monoisotopic (exact) mass is 1340 g/mol. The van der Waals surface area contributed by atoms with Gasteiger partial charge in [0.15, 0.2) is 47.8 Å². The number of benzene rings is 1. The van der Waals surface area contributed by atoms with Crippen LogP contribution in [0.4, 0.5) is 10.5 Å². The van der Waals surface area contributed by atoms with Crippen molar-refractivity contribution in [3.05, 3.63) is 65.1 Å². The van der Waals surface area contributed by atoms with Crippen LogP contribution in [0, 0.1) is 23.7 Å². The summed E-state index contributed by atoms with van der Waals surface area (Å²) in [4.78, 5) is 62.5. The summed E-state index contributed by atoms with van der Waals surface area (Å²) in [7, 11) is 10.8. The van der Waals surface area contributed by atoms with Crippen LogP contribution < -0.4 is 30.9 Å². The molecule has 4 fully saturated rings. The first-order valence-electron chi connectivity index (χ1n) is 28.9. The van der Waals surface area contributed by atoms with Gasteiger partial charge in [0.1, 0.15) is 30.5 Å². The van der Waals surface area contributed by atoms with Crippen molar-refractivity contribution in [3.63, 3.8) is 0 Å². The Morgan fingerprint density at radius 2 is 1.60 bits per heavy atom. The number of carbonyl (C=O) groups is 4. The molecule has 0 aromatic heterocycles. The van der Waals surface area contributed by atoms with Gasteiger partial charge in [-0.05, 0) is 55.3 Å². The van der Waals surface area contributed by atoms with Crippen molar-refractivity contribution in [2.45, 2.75) is 175 Å². The molecule has 0 saturated carbocycles. The number of fused-ring (bicyclic) bond motifs is 2. The predicted octanol–water partition coefficient (Wildman–Crippen LogP) is 3.46. The lowest BCUT2D eigenvalue weighted by Gasteiger charge is -2.46. The molecule has 19 atom stereocenters. The number of carbonyl (C=O) groups excluding carboxylic acids is 4. The SMILES string of the molecule is C=C(OC)C(=O)Nc1cc(OC)c(OC)cc1C(=O)O[C@H]1CC(O[C@@H]2C(=O)C(NC(=O)OC)=C3/C(=C\CSSSC)[C@]2(O)C#C/C=C\C#C[C@@H]3O[C@@H]2O[C@H](C)[C@@H](NO[C@H]3C[C@H](O)[C@H](SC)[C@@H](C)O3)[C@H](O)[C@H]2OC[C@H]2C[C@H](OC)[C@@H](NC(C)C)CO2)O[C@@H](C)[C@@H]1O. The number of allylic oxidation sites excluding steroid dienone is 2. The zero-order valence-electron chi connectivity index (χ0n) is 52.1. The van der Waals surface area contributed by atoms with Crippen molar-refractivity contribution in [1.82, 2.24) is 16.1 Å². The molecule has 6 aliphatic rings. The Kier molecular flexibility index (Phi) is 27.5. The number of hydrogen-bond acceptors (Lipinski definition) is 28. The summed E-state index contributed by atoms with van der Waals surface area (Å²) in [5.74, 6) is 8.64. The maximum absolute atomic E-state index is 15.6. The van der Waals surface area contributed by atoms with E-state index in [2.05, 4.69) is 51.7 Å². The van der Waals surface area contributed by atoms with Gasteiger partial charge < -0.3 is 92.6 Å². The van der Waals surface area contributed by atoms with E-state index in [0.29, 0.717) is 6.42 Å². The molecule has 2 amide bonds. The molecule has 4 saturated heterocycles. The summed E-state index contributed by atoms with van der Waals surface area (Å²) in [6.45, 7) is 12.7. The lowest BCUT2D eigenvalue weighted by Crippen LogP contribution is -2.64. The molecule has 26 nitrogen and oxygen atoms in total. The number of amides is 2. The Morgan fingerprint density at radius 3 is 2.27 bits per heavy atom. The number of alkyl carbamates (subject to hydrolysis) is 1. The van der Waals surface area contributed by atoms with Crippen LogP contribution >= 0.6 is 43.2 Å². The zero-order valence-corrected chi connectivity index (χ0v) is 55.3. The van der Waals surface area contributed by atoms with E-state index in [4.69, 9.17) is 66.4 Å². The Balaban J connectivity index is 1.26. The number of aliphatic hydroxyl groups is 4. The fourth-order valence-corrected chi connectivity index (χ4v) is 14.3. The average Bonchev–Trinajstić information content (AvgIpc) is 0.767. The fraction of sp³-hybridized carbons (Fsp3) is 0.633. The smallest absolute Gasteiger partial charge is 0.411 e. The van der Waals surface area contributed by atoms with E-state index in [-0.39, 0.29) is 94.6 Å². The van der Waals surface area contributed by atoms with Crippen LogP contribution in [0.2, 0.25) is 0 Å². The van der Waals surface area contributed by atoms with Gasteiger partial charge in [-0.1, -0.05) is 71.8 Å². The molecule has 90 heavy (non-hydrogen) atoms. The van der Waals surface area contributed by atoms with Crippen molar-refractivity contribution >= 4 is 72.6 Å². The van der Waals surface area contributed by atoms with Gasteiger partial charge in [0, 0.05) is 61.4 Å². The average molecular weight is 1340 g/mol. The number of Topliss-reactive ketones (excluding diaryl/α,β-unsaturated/α-hetero) is 1. The van der Waals surface area contributed by atoms with Gasteiger partial charge in [0.25, 0.3) is 5.91 Å². The largest absolute Gasteiger partial charge is 0.493 e. The second kappa shape index (κ2) is 34.0. The Labute approximate surface area is 539 Å². The number of nitrogens with one attached hydrogen (secondary N) is 4. The minimum absolute atomic E-state index is 0.0854. The predicted molar refractivity (Wildman–Crippen MR) is 335 cm³/mol. The van der Waals surface area contributed by atoms with E-state index < -0.39 is 127 Å². The van der Waals surface area contributed by atoms with Crippen LogP contribution in [0.15, 0.2) is 59.5 Å². The molecule has 1 unspecified atom stereocenters. The minimum atomic E-state index is -2.65. The molecule has 8 N–H and O–H groups in total. The fourth-order valence-electron chi connectivity index (χ4n) is 11.0. The quantitative estimate of drug-likeness (QED) is 0.0125. The van der Waals surface area contributed by atoms with Crippen LogP contribution in [0.5, 0.6) is 11.5 Å². The first-order chi connectivity index (χ1) is 43.0. The summed E-state index contributed by atoms with van der Waals surface area (Å²) in [6.07, 6.45) is -10.7. The summed E-state index contributed by atoms with van der Waals surface area (Å²) in [6, 6.07) is 1.57. The number of ketones is 1. The van der Waals surface area contributed by atoms with Gasteiger partial charge in [-0.2, -0.15) is 17.2 Å². The van der Waals surface area contributed by atoms with Crippen molar-refractivity contribution < 1.29 is 106 Å². The molecule has 0 radical (unpaired) electrons. The highest BCUT2D eigenvalue weighted by Crippen LogP contribution is 2.44. The van der Waals surface area contributed by atoms with Crippen molar-refractivity contribution in [2.24, 2.45) is 0 Å². The Morgan fingerprint density at radius 1 is 0.878 bits per heavy atom. The lowest BCUT2D eigenvalue weighted by atomic mass is 9.73. The molecule has 2 aliphatic carbocycles. The Hall–Kier alpha value is -4.62. The zero-order chi connectivity index (χ0) is 65.6. The van der Waals surface area contributed by atoms with E-state index in [1.54, 1.807) is 20.1 Å². The van der Waals surface area contributed by atoms with E-state index in [1.165, 1.54) is 95.7 Å². The molecular formula is C60H82N4O22S4. The number of thioether (sulfide) groups is 1. The molecule has 4 aliphatic heterocycles. The van der Waals surface area contributed by atoms with Crippen LogP contribution in [0.3, 0.4) is 0 Å². The third-order valence-electron chi connectivity index (χ3n) is 15.5. The van der Waals surface area contributed by atoms with Crippen molar-refractivity contribution in [2.75, 3.05) is 72.3 Å². The molecule has 7 rings (SSSR count). The van der Waals surface area contributed by atoms with Gasteiger partial charge in [-0.15, -0.1) is 0 Å². The van der Waals surface area contributed by atoms with E-state index >= 15 is 4.79 Å². The van der Waals surface area contributed by atoms with Gasteiger partial charge >= 0.3 is 12.1 Å². The molecule has 1 aromatic carbocycles. The number of esters is 1. The maximum Gasteiger partial charge on any atom is 0.411 e. The summed E-state index contributed by atoms with van der Waals surface area (Å²) < 4.78 is 77.9. The highest BCUT2D eigenvalue weighted by Gasteiger charge is 2.57. The number of aliphatic hydroxyl groups excluding tert-OH is 3. The van der Waals surface area contributed by atoms with E-state index in [9.17, 15) is 34.8 Å². The second-order valence-electron chi connectivity index (χ2n) is 21.8. The second-order valence-corrected chi connectivity index (χ2v) is 27.2. The van der Waals surface area contributed by atoms with Gasteiger partial charge in [0.05, 0.1) is 113 Å². The standard InChI is InChI=1S/C60H82N4O22S4/c1-29(2)61-38-28-78-34(22-41(38)74-8)27-79-53-51(67)48(64-86-46-25-39(65)54(87-12)32(5)81-46)30(3)82-58(53)84-40-18-16-14-15-17-20-60(72)36(19-21-89-90-88-13)47(40)49(63-59(71)77-11)52(68)55(60)85-45-26-44(50(66)31(4)80-45)83-57(70)35-23-42(75-9)43(76-10)24-37(35)62-56(69)33(6)73-7/h14-15,19,23-24,29-32,34,38-41,44-46,48,50-51,53-55,58,61,64-67,72H,6,21-22,25-28H2,1-5,7-13H3,(H,62,69)(H,63,71)/b15-14-,36-19+/t30-,31+,32-,34-,38+,39+,40+,41+,44+,45?,46+,48-,50+,51+,53-,54-,55-,58+,60-/m1/s1. The molecule has 0 spiro atoms. The van der Waals surface area contributed by atoms with Gasteiger partial charge in [-0.3, -0.25) is 19.7 Å². The Bertz CT molecular complexity index is 2910. The van der Waals surface area contributed by atoms with E-state index in [1.807, 2.05) is 33.3 Å². The molecule has 498 valence electrons. The van der Waals surface area contributed by atoms with Crippen molar-refractivity contribution in [3.8, 4) is 35.2 Å². The minimum Gasteiger partial charge on any atom is -0.493 e. The van der Waals surface area contributed by atoms with Gasteiger partial charge in [0.2, 0.25) is 5.78 Å². The normalized spacial score (nSPS) is 34.2. The first kappa shape index (κ1) is 72.8. The first-order valence-corrected chi connectivity index (χ1v) is 34.3. The van der Waals surface area contributed by atoms with Crippen LogP contribution in [-0.2, 0) is 66.5 Å². The third-order valence-corrected chi connectivity index (χ3v) is 20.5. The number of ether oxygens (including phenoxy) is 13. The molecule has 4 heterocycles. The molecule has 30 heteroatoms. The molecule has 2 bridgehead atoms. The topological polar surface area (TPSA) is 327 Å². The highest BCUT2D eigenvalue weighted by molar-refractivity contribution is 9.09. The third kappa shape index (κ3) is 17.8. The van der Waals surface area contributed by atoms with Crippen LogP contribution in [0.25, 0.3) is 0 Å². The van der Waals surface area contributed by atoms with Gasteiger partial charge in [-0.25, -0.2) is 9.59 Å². The van der Waals surface area contributed by atoms with E-state index in [0.717, 1.165) is 7.11 Å². The summed E-state index contributed by atoms with van der Waals surface area (Å²) in [5, 5.41) is 56.8. The van der Waals surface area contributed by atoms with Crippen LogP contribution in [-0.4, -0.2) is 232 Å². The molecular weight excluding hydrogens is 1260 g/mol. The number of anilines is 1. The maximum atomic E-state index is 15.6. The molecule has 1 aromatic rings. The highest BCUT2D eigenvalue weighted by atomic mass is 33.5. The summed E-state index contributed by atoms with van der Waals surface area (Å²) >= 11 is 1.48. The van der Waals surface area contributed by atoms with Crippen molar-refractivity contribution in [1.29, 1.82) is 0 Å².